The number of sulfonamides is 1. The van der Waals surface area contributed by atoms with Gasteiger partial charge in [-0.1, -0.05) is 12.1 Å². The smallest absolute Gasteiger partial charge is 0.387 e. The standard InChI is InChI=1S/C19H31F2N5O3S.HI/c1-3-22-19(23-11-7-12-24-30(27,28)4-2)25-15-10-13-26(14-15)16-8-5-6-9-17(16)29-18(20)21;/h5-6,8-9,15,18,24H,3-4,7,10-14H2,1-2H3,(H2,22,23,25);1H. The van der Waals surface area contributed by atoms with Gasteiger partial charge in [-0.05, 0) is 38.8 Å². The van der Waals surface area contributed by atoms with Gasteiger partial charge < -0.3 is 20.3 Å². The fourth-order valence-electron chi connectivity index (χ4n) is 3.12. The van der Waals surface area contributed by atoms with Crippen molar-refractivity contribution in [3.63, 3.8) is 0 Å². The van der Waals surface area contributed by atoms with Crippen LogP contribution in [0.15, 0.2) is 29.3 Å². The van der Waals surface area contributed by atoms with Crippen LogP contribution < -0.4 is 25.0 Å². The molecule has 12 heteroatoms. The first-order valence-corrected chi connectivity index (χ1v) is 11.8. The summed E-state index contributed by atoms with van der Waals surface area (Å²) in [7, 11) is -3.19. The van der Waals surface area contributed by atoms with Gasteiger partial charge in [0.1, 0.15) is 5.75 Å². The van der Waals surface area contributed by atoms with E-state index in [2.05, 4.69) is 25.1 Å². The van der Waals surface area contributed by atoms with Crippen LogP contribution in [0.2, 0.25) is 0 Å². The summed E-state index contributed by atoms with van der Waals surface area (Å²) in [4.78, 5) is 6.51. The number of nitrogens with one attached hydrogen (secondary N) is 3. The molecule has 1 fully saturated rings. The first-order chi connectivity index (χ1) is 14.3. The SMILES string of the molecule is CCNC(=NCCCNS(=O)(=O)CC)NC1CCN(c2ccccc2OC(F)F)C1.I. The average molecular weight is 575 g/mol. The highest BCUT2D eigenvalue weighted by atomic mass is 127. The third-order valence-corrected chi connectivity index (χ3v) is 6.01. The minimum absolute atomic E-state index is 0. The lowest BCUT2D eigenvalue weighted by Gasteiger charge is -2.22. The van der Waals surface area contributed by atoms with E-state index in [9.17, 15) is 17.2 Å². The maximum absolute atomic E-state index is 12.7. The van der Waals surface area contributed by atoms with Crippen LogP contribution in [0.25, 0.3) is 0 Å². The molecular weight excluding hydrogens is 543 g/mol. The molecule has 0 saturated carbocycles. The summed E-state index contributed by atoms with van der Waals surface area (Å²) in [6.45, 7) is 3.54. The number of nitrogens with zero attached hydrogens (tertiary/aromatic N) is 2. The number of rotatable bonds is 11. The molecule has 1 unspecified atom stereocenters. The van der Waals surface area contributed by atoms with Gasteiger partial charge in [0.2, 0.25) is 10.0 Å². The number of hydrogen-bond acceptors (Lipinski definition) is 5. The number of hydrogen-bond donors (Lipinski definition) is 3. The molecule has 1 aromatic carbocycles. The predicted molar refractivity (Wildman–Crippen MR) is 130 cm³/mol. The van der Waals surface area contributed by atoms with Gasteiger partial charge in [-0.2, -0.15) is 8.78 Å². The van der Waals surface area contributed by atoms with Gasteiger partial charge in [0.15, 0.2) is 5.96 Å². The minimum atomic E-state index is -3.19. The molecule has 178 valence electrons. The number of guanidine groups is 1. The Balaban J connectivity index is 0.00000480. The van der Waals surface area contributed by atoms with Gasteiger partial charge in [0.05, 0.1) is 11.4 Å². The van der Waals surface area contributed by atoms with Crippen molar-refractivity contribution in [3.05, 3.63) is 24.3 Å². The molecule has 8 nitrogen and oxygen atoms in total. The largest absolute Gasteiger partial charge is 0.433 e. The van der Waals surface area contributed by atoms with Crippen LogP contribution in [-0.2, 0) is 10.0 Å². The van der Waals surface area contributed by atoms with Crippen LogP contribution in [0.4, 0.5) is 14.5 Å². The summed E-state index contributed by atoms with van der Waals surface area (Å²) in [5.74, 6) is 0.882. The number of alkyl halides is 2. The Morgan fingerprint density at radius 1 is 1.32 bits per heavy atom. The molecule has 0 spiro atoms. The average Bonchev–Trinajstić information content (AvgIpc) is 3.16. The van der Waals surface area contributed by atoms with Crippen molar-refractivity contribution in [2.24, 2.45) is 4.99 Å². The Hall–Kier alpha value is -1.41. The van der Waals surface area contributed by atoms with Gasteiger partial charge in [-0.3, -0.25) is 4.99 Å². The molecule has 3 N–H and O–H groups in total. The number of aliphatic imine (C=N–C) groups is 1. The summed E-state index contributed by atoms with van der Waals surface area (Å²) < 4.78 is 55.4. The Kier molecular flexibility index (Phi) is 12.4. The van der Waals surface area contributed by atoms with E-state index in [0.717, 1.165) is 6.42 Å². The third kappa shape index (κ3) is 9.73. The molecule has 1 atom stereocenters. The van der Waals surface area contributed by atoms with E-state index in [-0.39, 0.29) is 41.5 Å². The Morgan fingerprint density at radius 3 is 2.74 bits per heavy atom. The fraction of sp³-hybridized carbons (Fsp3) is 0.632. The lowest BCUT2D eigenvalue weighted by molar-refractivity contribution is -0.0495. The van der Waals surface area contributed by atoms with Crippen LogP contribution in [0.5, 0.6) is 5.75 Å². The van der Waals surface area contributed by atoms with Gasteiger partial charge in [-0.25, -0.2) is 13.1 Å². The van der Waals surface area contributed by atoms with Crippen LogP contribution >= 0.6 is 24.0 Å². The van der Waals surface area contributed by atoms with E-state index in [4.69, 9.17) is 0 Å². The second-order valence-electron chi connectivity index (χ2n) is 6.83. The lowest BCUT2D eigenvalue weighted by atomic mass is 10.2. The highest BCUT2D eigenvalue weighted by Crippen LogP contribution is 2.31. The highest BCUT2D eigenvalue weighted by Gasteiger charge is 2.26. The maximum Gasteiger partial charge on any atom is 0.387 e. The Morgan fingerprint density at radius 2 is 2.06 bits per heavy atom. The van der Waals surface area contributed by atoms with Gasteiger partial charge in [0, 0.05) is 38.8 Å². The number of benzene rings is 1. The molecule has 0 radical (unpaired) electrons. The van der Waals surface area contributed by atoms with E-state index >= 15 is 0 Å². The molecule has 1 saturated heterocycles. The zero-order valence-electron chi connectivity index (χ0n) is 17.8. The van der Waals surface area contributed by atoms with Crippen LogP contribution in [0.3, 0.4) is 0 Å². The summed E-state index contributed by atoms with van der Waals surface area (Å²) in [5, 5.41) is 6.54. The summed E-state index contributed by atoms with van der Waals surface area (Å²) in [6.07, 6.45) is 1.41. The van der Waals surface area contributed by atoms with Crippen LogP contribution in [0, 0.1) is 0 Å². The first kappa shape index (κ1) is 27.6. The number of ether oxygens (including phenoxy) is 1. The van der Waals surface area contributed by atoms with Gasteiger partial charge in [-0.15, -0.1) is 24.0 Å². The minimum Gasteiger partial charge on any atom is -0.433 e. The summed E-state index contributed by atoms with van der Waals surface area (Å²) >= 11 is 0. The fourth-order valence-corrected chi connectivity index (χ4v) is 3.78. The zero-order chi connectivity index (χ0) is 22.0. The van der Waals surface area contributed by atoms with Crippen molar-refractivity contribution in [1.82, 2.24) is 15.4 Å². The van der Waals surface area contributed by atoms with Gasteiger partial charge in [0.25, 0.3) is 0 Å². The molecule has 2 rings (SSSR count). The molecule has 0 bridgehead atoms. The molecule has 0 aromatic heterocycles. The summed E-state index contributed by atoms with van der Waals surface area (Å²) in [6, 6.07) is 6.88. The van der Waals surface area contributed by atoms with Gasteiger partial charge >= 0.3 is 6.61 Å². The quantitative estimate of drug-likeness (QED) is 0.162. The number of para-hydroxylation sites is 2. The van der Waals surface area contributed by atoms with Crippen molar-refractivity contribution in [2.75, 3.05) is 43.4 Å². The molecule has 1 aliphatic heterocycles. The molecule has 1 aliphatic rings. The van der Waals surface area contributed by atoms with Crippen molar-refractivity contribution in [2.45, 2.75) is 39.3 Å². The first-order valence-electron chi connectivity index (χ1n) is 10.2. The van der Waals surface area contributed by atoms with Crippen LogP contribution in [0.1, 0.15) is 26.7 Å². The monoisotopic (exact) mass is 575 g/mol. The van der Waals surface area contributed by atoms with E-state index in [1.807, 2.05) is 11.8 Å². The Labute approximate surface area is 200 Å². The van der Waals surface area contributed by atoms with E-state index in [1.54, 1.807) is 31.2 Å². The van der Waals surface area contributed by atoms with Crippen LogP contribution in [-0.4, -0.2) is 65.5 Å². The van der Waals surface area contributed by atoms with E-state index in [0.29, 0.717) is 50.8 Å². The Bertz CT molecular complexity index is 799. The molecule has 0 amide bonds. The lowest BCUT2D eigenvalue weighted by Crippen LogP contribution is -2.44. The molecule has 1 heterocycles. The van der Waals surface area contributed by atoms with E-state index < -0.39 is 16.6 Å². The maximum atomic E-state index is 12.7. The summed E-state index contributed by atoms with van der Waals surface area (Å²) in [5.41, 5.74) is 0.646. The second kappa shape index (κ2) is 13.9. The van der Waals surface area contributed by atoms with Crippen molar-refractivity contribution < 1.29 is 21.9 Å². The molecular formula is C19H32F2IN5O3S. The third-order valence-electron chi connectivity index (χ3n) is 4.60. The van der Waals surface area contributed by atoms with Crippen molar-refractivity contribution in [3.8, 4) is 5.75 Å². The van der Waals surface area contributed by atoms with E-state index in [1.165, 1.54) is 0 Å². The predicted octanol–water partition coefficient (Wildman–Crippen LogP) is 2.37. The van der Waals surface area contributed by atoms with Crippen molar-refractivity contribution in [1.29, 1.82) is 0 Å². The number of anilines is 1. The highest BCUT2D eigenvalue weighted by molar-refractivity contribution is 14.0. The molecule has 31 heavy (non-hydrogen) atoms. The zero-order valence-corrected chi connectivity index (χ0v) is 21.0. The molecule has 0 aliphatic carbocycles. The number of halogens is 3. The molecule has 1 aromatic rings. The topological polar surface area (TPSA) is 95.1 Å². The second-order valence-corrected chi connectivity index (χ2v) is 8.93. The van der Waals surface area contributed by atoms with Crippen molar-refractivity contribution >= 4 is 45.6 Å². The normalized spacial score (nSPS) is 16.9.